The average molecular weight is 404 g/mol. The molecule has 29 heavy (non-hydrogen) atoms. The zero-order valence-electron chi connectivity index (χ0n) is 15.8. The molecule has 0 bridgehead atoms. The molecule has 0 aliphatic carbocycles. The van der Waals surface area contributed by atoms with Crippen LogP contribution < -0.4 is 10.6 Å². The fourth-order valence-corrected chi connectivity index (χ4v) is 2.56. The molecule has 0 atom stereocenters. The van der Waals surface area contributed by atoms with E-state index in [1.54, 1.807) is 31.6 Å². The minimum Gasteiger partial charge on any atom is -0.383 e. The Hall–Kier alpha value is -3.27. The van der Waals surface area contributed by atoms with Crippen molar-refractivity contribution in [2.24, 2.45) is 0 Å². The van der Waals surface area contributed by atoms with Gasteiger partial charge in [0.05, 0.1) is 6.61 Å². The van der Waals surface area contributed by atoms with Crippen LogP contribution >= 0.6 is 0 Å². The Morgan fingerprint density at radius 3 is 2.45 bits per heavy atom. The monoisotopic (exact) mass is 404 g/mol. The number of anilines is 3. The van der Waals surface area contributed by atoms with Gasteiger partial charge >= 0.3 is 6.18 Å². The zero-order chi connectivity index (χ0) is 20.9. The Kier molecular flexibility index (Phi) is 6.23. The van der Waals surface area contributed by atoms with Crippen LogP contribution in [0.15, 0.2) is 42.9 Å². The third kappa shape index (κ3) is 5.61. The van der Waals surface area contributed by atoms with E-state index in [4.69, 9.17) is 4.74 Å². The lowest BCUT2D eigenvalue weighted by molar-refractivity contribution is -0.141. The largest absolute Gasteiger partial charge is 0.433 e. The molecule has 7 nitrogen and oxygen atoms in total. The molecule has 2 N–H and O–H groups in total. The molecule has 0 spiro atoms. The van der Waals surface area contributed by atoms with Crippen molar-refractivity contribution in [1.29, 1.82) is 0 Å². The standard InChI is InChI=1S/C19H19F3N6O/c1-12-7-13(14-10-25-17(26-11-14)24-5-6-29-2)9-15(8-12)27-18-23-4-3-16(28-18)19(20,21)22/h3-4,7-11H,5-6H2,1-2H3,(H,23,27,28)(H,24,25,26). The second-order valence-electron chi connectivity index (χ2n) is 6.19. The second kappa shape index (κ2) is 8.82. The number of alkyl halides is 3. The predicted molar refractivity (Wildman–Crippen MR) is 103 cm³/mol. The lowest BCUT2D eigenvalue weighted by Crippen LogP contribution is -2.10. The van der Waals surface area contributed by atoms with Crippen molar-refractivity contribution in [2.45, 2.75) is 13.1 Å². The highest BCUT2D eigenvalue weighted by Gasteiger charge is 2.32. The van der Waals surface area contributed by atoms with Gasteiger partial charge in [0.1, 0.15) is 5.69 Å². The van der Waals surface area contributed by atoms with E-state index in [2.05, 4.69) is 30.6 Å². The molecule has 2 heterocycles. The lowest BCUT2D eigenvalue weighted by atomic mass is 10.1. The number of aromatic nitrogens is 4. The molecular formula is C19H19F3N6O. The van der Waals surface area contributed by atoms with Gasteiger partial charge in [0.25, 0.3) is 0 Å². The van der Waals surface area contributed by atoms with Crippen molar-refractivity contribution in [3.63, 3.8) is 0 Å². The smallest absolute Gasteiger partial charge is 0.383 e. The SMILES string of the molecule is COCCNc1ncc(-c2cc(C)cc(Nc3nccc(C(F)(F)F)n3)c2)cn1. The highest BCUT2D eigenvalue weighted by Crippen LogP contribution is 2.29. The van der Waals surface area contributed by atoms with Crippen LogP contribution in [-0.4, -0.2) is 40.2 Å². The van der Waals surface area contributed by atoms with E-state index in [0.29, 0.717) is 24.8 Å². The van der Waals surface area contributed by atoms with Gasteiger partial charge in [0.15, 0.2) is 0 Å². The summed E-state index contributed by atoms with van der Waals surface area (Å²) in [6, 6.07) is 6.31. The third-order valence-electron chi connectivity index (χ3n) is 3.85. The van der Waals surface area contributed by atoms with E-state index in [1.165, 1.54) is 0 Å². The van der Waals surface area contributed by atoms with Crippen molar-refractivity contribution in [1.82, 2.24) is 19.9 Å². The Morgan fingerprint density at radius 1 is 1.00 bits per heavy atom. The van der Waals surface area contributed by atoms with E-state index in [0.717, 1.165) is 29.0 Å². The lowest BCUT2D eigenvalue weighted by Gasteiger charge is -2.11. The Balaban J connectivity index is 1.80. The minimum atomic E-state index is -4.53. The molecular weight excluding hydrogens is 385 g/mol. The summed E-state index contributed by atoms with van der Waals surface area (Å²) in [5.74, 6) is 0.347. The Morgan fingerprint density at radius 2 is 1.76 bits per heavy atom. The number of benzene rings is 1. The number of rotatable bonds is 7. The molecule has 2 aromatic heterocycles. The topological polar surface area (TPSA) is 84.9 Å². The molecule has 3 aromatic rings. The molecule has 3 rings (SSSR count). The van der Waals surface area contributed by atoms with Gasteiger partial charge in [-0.1, -0.05) is 6.07 Å². The van der Waals surface area contributed by atoms with E-state index in [9.17, 15) is 13.2 Å². The minimum absolute atomic E-state index is 0.134. The first-order chi connectivity index (χ1) is 13.8. The van der Waals surface area contributed by atoms with Gasteiger partial charge in [-0.3, -0.25) is 0 Å². The maximum Gasteiger partial charge on any atom is 0.433 e. The summed E-state index contributed by atoms with van der Waals surface area (Å²) in [7, 11) is 1.61. The number of halogens is 3. The van der Waals surface area contributed by atoms with Crippen LogP contribution in [0, 0.1) is 6.92 Å². The summed E-state index contributed by atoms with van der Waals surface area (Å²) in [4.78, 5) is 15.9. The fraction of sp³-hybridized carbons (Fsp3) is 0.263. The maximum absolute atomic E-state index is 12.8. The zero-order valence-corrected chi connectivity index (χ0v) is 15.8. The van der Waals surface area contributed by atoms with Crippen molar-refractivity contribution >= 4 is 17.6 Å². The van der Waals surface area contributed by atoms with Crippen LogP contribution in [0.25, 0.3) is 11.1 Å². The first-order valence-corrected chi connectivity index (χ1v) is 8.69. The third-order valence-corrected chi connectivity index (χ3v) is 3.85. The molecule has 0 aliphatic rings. The van der Waals surface area contributed by atoms with Crippen molar-refractivity contribution in [2.75, 3.05) is 30.9 Å². The fourth-order valence-electron chi connectivity index (χ4n) is 2.56. The van der Waals surface area contributed by atoms with Gasteiger partial charge in [-0.2, -0.15) is 13.2 Å². The molecule has 10 heteroatoms. The normalized spacial score (nSPS) is 11.3. The number of nitrogens with one attached hydrogen (secondary N) is 2. The first-order valence-electron chi connectivity index (χ1n) is 8.69. The van der Waals surface area contributed by atoms with Crippen LogP contribution in [0.1, 0.15) is 11.3 Å². The molecule has 0 amide bonds. The number of ether oxygens (including phenoxy) is 1. The van der Waals surface area contributed by atoms with Crippen LogP contribution in [0.3, 0.4) is 0 Å². The number of nitrogens with zero attached hydrogens (tertiary/aromatic N) is 4. The number of aryl methyl sites for hydroxylation is 1. The quantitative estimate of drug-likeness (QED) is 0.575. The Bertz CT molecular complexity index is 963. The molecule has 0 saturated heterocycles. The predicted octanol–water partition coefficient (Wildman–Crippen LogP) is 4.06. The van der Waals surface area contributed by atoms with Gasteiger partial charge in [-0.15, -0.1) is 0 Å². The summed E-state index contributed by atoms with van der Waals surface area (Å²) >= 11 is 0. The Labute approximate surface area is 165 Å². The van der Waals surface area contributed by atoms with Gasteiger partial charge < -0.3 is 15.4 Å². The number of hydrogen-bond donors (Lipinski definition) is 2. The van der Waals surface area contributed by atoms with Crippen molar-refractivity contribution in [3.05, 3.63) is 54.1 Å². The van der Waals surface area contributed by atoms with Crippen molar-refractivity contribution in [3.8, 4) is 11.1 Å². The van der Waals surface area contributed by atoms with Gasteiger partial charge in [0.2, 0.25) is 11.9 Å². The van der Waals surface area contributed by atoms with Crippen molar-refractivity contribution < 1.29 is 17.9 Å². The van der Waals surface area contributed by atoms with Crippen LogP contribution in [0.2, 0.25) is 0 Å². The highest BCUT2D eigenvalue weighted by molar-refractivity contribution is 5.70. The maximum atomic E-state index is 12.8. The molecule has 0 fully saturated rings. The van der Waals surface area contributed by atoms with Crippen LogP contribution in [-0.2, 0) is 10.9 Å². The average Bonchev–Trinajstić information content (AvgIpc) is 2.68. The molecule has 152 valence electrons. The number of methoxy groups -OCH3 is 1. The molecule has 0 radical (unpaired) electrons. The summed E-state index contributed by atoms with van der Waals surface area (Å²) < 4.78 is 43.5. The highest BCUT2D eigenvalue weighted by atomic mass is 19.4. The summed E-state index contributed by atoms with van der Waals surface area (Å²) in [6.07, 6.45) is -0.131. The molecule has 0 aliphatic heterocycles. The molecule has 0 saturated carbocycles. The van der Waals surface area contributed by atoms with Gasteiger partial charge in [-0.05, 0) is 36.2 Å². The summed E-state index contributed by atoms with van der Waals surface area (Å²) in [5, 5.41) is 5.85. The second-order valence-corrected chi connectivity index (χ2v) is 6.19. The first kappa shape index (κ1) is 20.5. The van der Waals surface area contributed by atoms with E-state index >= 15 is 0 Å². The summed E-state index contributed by atoms with van der Waals surface area (Å²) in [6.45, 7) is 3.00. The van der Waals surface area contributed by atoms with Gasteiger partial charge in [-0.25, -0.2) is 19.9 Å². The van der Waals surface area contributed by atoms with Crippen LogP contribution in [0.4, 0.5) is 30.8 Å². The van der Waals surface area contributed by atoms with E-state index < -0.39 is 11.9 Å². The van der Waals surface area contributed by atoms with Gasteiger partial charge in [0, 0.05) is 43.5 Å². The van der Waals surface area contributed by atoms with Crippen LogP contribution in [0.5, 0.6) is 0 Å². The van der Waals surface area contributed by atoms with E-state index in [-0.39, 0.29) is 5.95 Å². The number of hydrogen-bond acceptors (Lipinski definition) is 7. The molecule has 1 aromatic carbocycles. The summed E-state index contributed by atoms with van der Waals surface area (Å²) in [5.41, 5.74) is 2.02. The van der Waals surface area contributed by atoms with E-state index in [1.807, 2.05) is 13.0 Å². The molecule has 0 unspecified atom stereocenters.